The van der Waals surface area contributed by atoms with E-state index in [-0.39, 0.29) is 49.5 Å². The minimum absolute atomic E-state index is 0.0756. The molecular weight excluding hydrogens is 753 g/mol. The molecule has 16 heteroatoms. The molecule has 4 atom stereocenters. The third-order valence-electron chi connectivity index (χ3n) is 9.88. The van der Waals surface area contributed by atoms with Crippen LogP contribution in [0, 0.1) is 5.92 Å². The van der Waals surface area contributed by atoms with E-state index >= 15 is 0 Å². The Bertz CT molecular complexity index is 2080. The normalized spacial score (nSPS) is 14.5. The Hall–Kier alpha value is -6.71. The van der Waals surface area contributed by atoms with Gasteiger partial charge in [-0.25, -0.2) is 0 Å². The van der Waals surface area contributed by atoms with Crippen molar-refractivity contribution in [3.8, 4) is 0 Å². The van der Waals surface area contributed by atoms with Gasteiger partial charge in [0, 0.05) is 48.8 Å². The van der Waals surface area contributed by atoms with Crippen molar-refractivity contribution < 1.29 is 28.8 Å². The monoisotopic (exact) mass is 808 g/mol. The van der Waals surface area contributed by atoms with Gasteiger partial charge in [0.25, 0.3) is 0 Å². The van der Waals surface area contributed by atoms with Crippen LogP contribution in [0.4, 0.5) is 0 Å². The fourth-order valence-corrected chi connectivity index (χ4v) is 6.86. The maximum Gasteiger partial charge on any atom is 0.243 e. The van der Waals surface area contributed by atoms with Crippen molar-refractivity contribution in [2.45, 2.75) is 82.8 Å². The molecule has 314 valence electrons. The number of hydrogen-bond acceptors (Lipinski definition) is 7. The summed E-state index contributed by atoms with van der Waals surface area (Å²) in [5, 5.41) is 11.9. The fourth-order valence-electron chi connectivity index (χ4n) is 6.86. The summed E-state index contributed by atoms with van der Waals surface area (Å²) in [5.41, 5.74) is 25.8. The SMILES string of the molecule is CCCC(N)=O.NC(=O)CNC(=O)[C@H](Cc1c[nH]c2ccccc12)NC(=O)C(CCCN=C(N)N)NC(=O)C(Cc1ccccc1)NC(=O)C1CCc2ccccc2C1. The van der Waals surface area contributed by atoms with Gasteiger partial charge in [-0.15, -0.1) is 0 Å². The van der Waals surface area contributed by atoms with Gasteiger partial charge in [0.05, 0.1) is 6.54 Å². The topological polar surface area (TPSA) is 283 Å². The number of aromatic nitrogens is 1. The summed E-state index contributed by atoms with van der Waals surface area (Å²) in [7, 11) is 0. The van der Waals surface area contributed by atoms with Crippen molar-refractivity contribution in [1.82, 2.24) is 26.3 Å². The number of hydrogen-bond donors (Lipinski definition) is 9. The summed E-state index contributed by atoms with van der Waals surface area (Å²) in [6.07, 6.45) is 5.78. The van der Waals surface area contributed by atoms with Gasteiger partial charge in [-0.3, -0.25) is 33.8 Å². The van der Waals surface area contributed by atoms with Crippen molar-refractivity contribution >= 4 is 52.3 Å². The van der Waals surface area contributed by atoms with Crippen molar-refractivity contribution in [2.75, 3.05) is 13.1 Å². The van der Waals surface area contributed by atoms with Crippen molar-refractivity contribution in [2.24, 2.45) is 33.8 Å². The smallest absolute Gasteiger partial charge is 0.243 e. The number of H-pyrrole nitrogens is 1. The van der Waals surface area contributed by atoms with Gasteiger partial charge in [-0.2, -0.15) is 0 Å². The molecule has 5 rings (SSSR count). The Kier molecular flexibility index (Phi) is 17.5. The highest BCUT2D eigenvalue weighted by Gasteiger charge is 2.32. The maximum absolute atomic E-state index is 14.1. The van der Waals surface area contributed by atoms with Crippen LogP contribution in [-0.4, -0.2) is 77.6 Å². The zero-order valence-corrected chi connectivity index (χ0v) is 33.4. The molecule has 1 aromatic heterocycles. The van der Waals surface area contributed by atoms with E-state index in [2.05, 4.69) is 37.3 Å². The highest BCUT2D eigenvalue weighted by molar-refractivity contribution is 5.96. The van der Waals surface area contributed by atoms with Crippen LogP contribution in [0.2, 0.25) is 0 Å². The number of benzene rings is 3. The van der Waals surface area contributed by atoms with Crippen LogP contribution >= 0.6 is 0 Å². The van der Waals surface area contributed by atoms with E-state index in [4.69, 9.17) is 22.9 Å². The molecule has 6 amide bonds. The molecule has 13 N–H and O–H groups in total. The largest absolute Gasteiger partial charge is 0.370 e. The number of guanidine groups is 1. The van der Waals surface area contributed by atoms with Gasteiger partial charge in [0.2, 0.25) is 35.4 Å². The first-order chi connectivity index (χ1) is 28.3. The molecule has 0 saturated carbocycles. The zero-order chi connectivity index (χ0) is 42.7. The van der Waals surface area contributed by atoms with E-state index in [0.29, 0.717) is 25.7 Å². The Morgan fingerprint density at radius 1 is 0.746 bits per heavy atom. The predicted octanol–water partition coefficient (Wildman–Crippen LogP) is 1.14. The lowest BCUT2D eigenvalue weighted by Crippen LogP contribution is -2.58. The number of aromatic amines is 1. The molecule has 0 bridgehead atoms. The average molecular weight is 809 g/mol. The van der Waals surface area contributed by atoms with Gasteiger partial charge >= 0.3 is 0 Å². The number of nitrogens with two attached hydrogens (primary N) is 4. The van der Waals surface area contributed by atoms with Crippen LogP contribution in [0.1, 0.15) is 61.3 Å². The van der Waals surface area contributed by atoms with Crippen molar-refractivity contribution in [1.29, 1.82) is 0 Å². The lowest BCUT2D eigenvalue weighted by atomic mass is 9.83. The summed E-state index contributed by atoms with van der Waals surface area (Å²) in [6, 6.07) is 21.6. The molecule has 1 heterocycles. The van der Waals surface area contributed by atoms with E-state index in [9.17, 15) is 28.8 Å². The minimum atomic E-state index is -1.14. The fraction of sp³-hybridized carbons (Fsp3) is 0.372. The number of carbonyl (C=O) groups excluding carboxylic acids is 6. The number of nitrogens with zero attached hydrogens (tertiary/aromatic N) is 1. The molecule has 3 aromatic carbocycles. The summed E-state index contributed by atoms with van der Waals surface area (Å²) < 4.78 is 0. The molecule has 4 aromatic rings. The van der Waals surface area contributed by atoms with Crippen LogP contribution in [0.15, 0.2) is 90.1 Å². The second-order valence-corrected chi connectivity index (χ2v) is 14.5. The van der Waals surface area contributed by atoms with Gasteiger partial charge in [-0.1, -0.05) is 79.7 Å². The molecule has 59 heavy (non-hydrogen) atoms. The Balaban J connectivity index is 0.00000119. The minimum Gasteiger partial charge on any atom is -0.370 e. The zero-order valence-electron chi connectivity index (χ0n) is 33.4. The number of aryl methyl sites for hydroxylation is 1. The first kappa shape index (κ1) is 45.0. The molecule has 0 fully saturated rings. The number of rotatable bonds is 19. The number of amides is 6. The number of fused-ring (bicyclic) bond motifs is 2. The molecule has 1 aliphatic carbocycles. The highest BCUT2D eigenvalue weighted by Crippen LogP contribution is 2.26. The average Bonchev–Trinajstić information content (AvgIpc) is 3.63. The van der Waals surface area contributed by atoms with Crippen LogP contribution in [0.5, 0.6) is 0 Å². The van der Waals surface area contributed by atoms with E-state index in [1.54, 1.807) is 6.20 Å². The molecule has 1 aliphatic rings. The molecule has 0 radical (unpaired) electrons. The third kappa shape index (κ3) is 14.6. The van der Waals surface area contributed by atoms with E-state index in [0.717, 1.165) is 40.4 Å². The molecule has 0 spiro atoms. The van der Waals surface area contributed by atoms with Crippen LogP contribution in [0.3, 0.4) is 0 Å². The van der Waals surface area contributed by atoms with Gasteiger partial charge in [0.15, 0.2) is 5.96 Å². The number of carbonyl (C=O) groups is 6. The third-order valence-corrected chi connectivity index (χ3v) is 9.88. The van der Waals surface area contributed by atoms with Gasteiger partial charge in [0.1, 0.15) is 18.1 Å². The van der Waals surface area contributed by atoms with E-state index in [1.165, 1.54) is 5.56 Å². The Morgan fingerprint density at radius 2 is 1.39 bits per heavy atom. The lowest BCUT2D eigenvalue weighted by Gasteiger charge is -2.28. The molecule has 0 saturated heterocycles. The molecule has 3 unspecified atom stereocenters. The molecule has 0 aliphatic heterocycles. The molecule has 16 nitrogen and oxygen atoms in total. The maximum atomic E-state index is 14.1. The summed E-state index contributed by atoms with van der Waals surface area (Å²) in [6.45, 7) is 1.68. The number of aliphatic imine (C=N–C) groups is 1. The van der Waals surface area contributed by atoms with Crippen LogP contribution in [-0.2, 0) is 54.5 Å². The second-order valence-electron chi connectivity index (χ2n) is 14.5. The number of primary amides is 2. The second kappa shape index (κ2) is 22.9. The van der Waals surface area contributed by atoms with Gasteiger partial charge in [-0.05, 0) is 66.8 Å². The number of nitrogens with one attached hydrogen (secondary N) is 5. The first-order valence-electron chi connectivity index (χ1n) is 19.8. The lowest BCUT2D eigenvalue weighted by molar-refractivity contribution is -0.134. The quantitative estimate of drug-likeness (QED) is 0.0375. The standard InChI is InChI=1S/C39H47N9O5.C4H9NO/c40-34(49)23-45-36(51)33(21-28-22-44-30-14-7-6-13-29(28)30)48-37(52)31(15-8-18-43-39(41)42)46-38(53)32(19-24-9-2-1-3-10-24)47-35(50)27-17-16-25-11-4-5-12-26(25)20-27;1-2-3-4(5)6/h1-7,9-14,22,27,31-33,44H,8,15-21,23H2,(H2,40,49)(H,45,51)(H,46,53)(H,47,50)(H,48,52)(H4,41,42,43);2-3H2,1H3,(H2,5,6)/t27?,31?,32?,33-;/m0./s1. The predicted molar refractivity (Wildman–Crippen MR) is 226 cm³/mol. The van der Waals surface area contributed by atoms with E-state index in [1.807, 2.05) is 79.7 Å². The summed E-state index contributed by atoms with van der Waals surface area (Å²) in [4.78, 5) is 83.7. The van der Waals surface area contributed by atoms with E-state index < -0.39 is 48.3 Å². The highest BCUT2D eigenvalue weighted by atomic mass is 16.2. The molecular formula is C43H56N10O6. The first-order valence-corrected chi connectivity index (χ1v) is 19.8. The number of para-hydroxylation sites is 1. The summed E-state index contributed by atoms with van der Waals surface area (Å²) >= 11 is 0. The van der Waals surface area contributed by atoms with Crippen molar-refractivity contribution in [3.05, 3.63) is 107 Å². The Morgan fingerprint density at radius 3 is 2.07 bits per heavy atom. The Labute approximate surface area is 343 Å². The van der Waals surface area contributed by atoms with Gasteiger partial charge < -0.3 is 49.2 Å². The van der Waals surface area contributed by atoms with Crippen molar-refractivity contribution in [3.63, 3.8) is 0 Å². The summed E-state index contributed by atoms with van der Waals surface area (Å²) in [5.74, 6) is -3.47. The van der Waals surface area contributed by atoms with Crippen LogP contribution in [0.25, 0.3) is 10.9 Å². The van der Waals surface area contributed by atoms with Crippen LogP contribution < -0.4 is 44.2 Å².